The fraction of sp³-hybridized carbons (Fsp3) is 0.588. The van der Waals surface area contributed by atoms with Crippen molar-refractivity contribution in [3.05, 3.63) is 30.3 Å². The van der Waals surface area contributed by atoms with E-state index >= 15 is 0 Å². The predicted octanol–water partition coefficient (Wildman–Crippen LogP) is 1.90. The molecule has 23 heavy (non-hydrogen) atoms. The molecule has 1 aromatic rings. The molecule has 0 radical (unpaired) electrons. The summed E-state index contributed by atoms with van der Waals surface area (Å²) in [5, 5.41) is 3.11. The molecule has 3 fully saturated rings. The molecule has 1 N–H and O–H groups in total. The van der Waals surface area contributed by atoms with Crippen LogP contribution in [0.5, 0.6) is 0 Å². The van der Waals surface area contributed by atoms with Crippen LogP contribution in [0.1, 0.15) is 38.5 Å². The molecule has 3 aliphatic rings. The number of hydrogen-bond donors (Lipinski definition) is 1. The number of nitrogens with one attached hydrogen (secondary N) is 1. The summed E-state index contributed by atoms with van der Waals surface area (Å²) in [6.07, 6.45) is 5.76. The van der Waals surface area contributed by atoms with E-state index in [4.69, 9.17) is 0 Å². The molecular weight excluding hydrogens is 312 g/mol. The smallest absolute Gasteiger partial charge is 0.244 e. The Bertz CT molecular complexity index is 713. The fourth-order valence-corrected chi connectivity index (χ4v) is 6.10. The average molecular weight is 334 g/mol. The average Bonchev–Trinajstić information content (AvgIpc) is 2.91. The molecule has 1 aromatic carbocycles. The third-order valence-corrected chi connectivity index (χ3v) is 7.57. The van der Waals surface area contributed by atoms with E-state index in [0.29, 0.717) is 13.0 Å². The van der Waals surface area contributed by atoms with Gasteiger partial charge in [0, 0.05) is 12.6 Å². The third kappa shape index (κ3) is 2.31. The number of nitrogens with zero attached hydrogens (tertiary/aromatic N) is 1. The number of carbonyl (C=O) groups is 1. The number of piperidine rings is 1. The van der Waals surface area contributed by atoms with E-state index in [2.05, 4.69) is 5.32 Å². The maximum absolute atomic E-state index is 13.0. The highest BCUT2D eigenvalue weighted by molar-refractivity contribution is 7.89. The molecule has 1 amide bonds. The van der Waals surface area contributed by atoms with Crippen molar-refractivity contribution >= 4 is 15.9 Å². The number of amides is 1. The van der Waals surface area contributed by atoms with Crippen LogP contribution in [-0.4, -0.2) is 36.8 Å². The summed E-state index contributed by atoms with van der Waals surface area (Å²) in [6, 6.07) is 8.67. The highest BCUT2D eigenvalue weighted by Crippen LogP contribution is 2.57. The Labute approximate surface area is 137 Å². The van der Waals surface area contributed by atoms with Gasteiger partial charge in [0.05, 0.1) is 4.90 Å². The predicted molar refractivity (Wildman–Crippen MR) is 86.2 cm³/mol. The monoisotopic (exact) mass is 334 g/mol. The zero-order valence-electron chi connectivity index (χ0n) is 13.1. The van der Waals surface area contributed by atoms with Gasteiger partial charge in [-0.05, 0) is 43.7 Å². The van der Waals surface area contributed by atoms with Gasteiger partial charge in [0.1, 0.15) is 5.54 Å². The van der Waals surface area contributed by atoms with Gasteiger partial charge in [0.25, 0.3) is 0 Å². The highest BCUT2D eigenvalue weighted by atomic mass is 32.2. The van der Waals surface area contributed by atoms with Gasteiger partial charge in [0.15, 0.2) is 0 Å². The van der Waals surface area contributed by atoms with E-state index in [9.17, 15) is 13.2 Å². The van der Waals surface area contributed by atoms with E-state index < -0.39 is 15.6 Å². The van der Waals surface area contributed by atoms with Crippen molar-refractivity contribution in [3.63, 3.8) is 0 Å². The second kappa shape index (κ2) is 5.31. The standard InChI is InChI=1S/C17H22N2O3S/c20-16(18-14-6-4-5-7-14)17-12-13(17)10-11-19(17)23(21,22)15-8-2-1-3-9-15/h1-3,8-9,13-14H,4-7,10-12H2,(H,18,20)/t13-,17+/m1/s1. The van der Waals surface area contributed by atoms with Gasteiger partial charge in [-0.1, -0.05) is 31.0 Å². The largest absolute Gasteiger partial charge is 0.352 e. The second-order valence-electron chi connectivity index (χ2n) is 6.96. The number of hydrogen-bond acceptors (Lipinski definition) is 3. The quantitative estimate of drug-likeness (QED) is 0.914. The summed E-state index contributed by atoms with van der Waals surface area (Å²) < 4.78 is 27.4. The van der Waals surface area contributed by atoms with Crippen LogP contribution in [-0.2, 0) is 14.8 Å². The van der Waals surface area contributed by atoms with E-state index in [1.165, 1.54) is 4.31 Å². The molecule has 1 aliphatic heterocycles. The molecule has 2 aliphatic carbocycles. The van der Waals surface area contributed by atoms with E-state index in [1.807, 2.05) is 0 Å². The zero-order valence-corrected chi connectivity index (χ0v) is 13.9. The minimum Gasteiger partial charge on any atom is -0.352 e. The highest BCUT2D eigenvalue weighted by Gasteiger charge is 2.70. The second-order valence-corrected chi connectivity index (χ2v) is 8.82. The zero-order chi connectivity index (χ0) is 16.1. The third-order valence-electron chi connectivity index (χ3n) is 5.61. The van der Waals surface area contributed by atoms with Crippen molar-refractivity contribution in [2.45, 2.75) is 55.0 Å². The molecule has 1 saturated heterocycles. The van der Waals surface area contributed by atoms with Gasteiger partial charge in [-0.25, -0.2) is 8.42 Å². The van der Waals surface area contributed by atoms with Crippen molar-refractivity contribution in [1.29, 1.82) is 0 Å². The van der Waals surface area contributed by atoms with Crippen molar-refractivity contribution < 1.29 is 13.2 Å². The van der Waals surface area contributed by atoms with Gasteiger partial charge in [-0.3, -0.25) is 4.79 Å². The molecule has 6 heteroatoms. The van der Waals surface area contributed by atoms with Gasteiger partial charge < -0.3 is 5.32 Å². The van der Waals surface area contributed by atoms with Crippen LogP contribution >= 0.6 is 0 Å². The van der Waals surface area contributed by atoms with Crippen LogP contribution in [0.4, 0.5) is 0 Å². The lowest BCUT2D eigenvalue weighted by Crippen LogP contribution is -2.52. The van der Waals surface area contributed by atoms with E-state index in [0.717, 1.165) is 32.1 Å². The number of carbonyl (C=O) groups excluding carboxylic acids is 1. The molecule has 2 saturated carbocycles. The molecule has 0 spiro atoms. The van der Waals surface area contributed by atoms with Crippen LogP contribution < -0.4 is 5.32 Å². The van der Waals surface area contributed by atoms with E-state index in [1.54, 1.807) is 30.3 Å². The van der Waals surface area contributed by atoms with Gasteiger partial charge in [-0.2, -0.15) is 4.31 Å². The summed E-state index contributed by atoms with van der Waals surface area (Å²) >= 11 is 0. The Morgan fingerprint density at radius 3 is 2.48 bits per heavy atom. The van der Waals surface area contributed by atoms with Crippen molar-refractivity contribution in [1.82, 2.24) is 9.62 Å². The Hall–Kier alpha value is -1.40. The Kier molecular flexibility index (Phi) is 3.50. The van der Waals surface area contributed by atoms with Crippen LogP contribution in [0.2, 0.25) is 0 Å². The summed E-state index contributed by atoms with van der Waals surface area (Å²) in [5.41, 5.74) is -0.822. The minimum atomic E-state index is -3.61. The van der Waals surface area contributed by atoms with E-state index in [-0.39, 0.29) is 22.8 Å². The lowest BCUT2D eigenvalue weighted by Gasteiger charge is -2.28. The first-order valence-corrected chi connectivity index (χ1v) is 9.88. The molecule has 2 atom stereocenters. The Balaban J connectivity index is 1.60. The Morgan fingerprint density at radius 2 is 1.83 bits per heavy atom. The summed E-state index contributed by atoms with van der Waals surface area (Å²) in [6.45, 7) is 0.444. The molecular formula is C17H22N2O3S. The van der Waals surface area contributed by atoms with Crippen LogP contribution in [0.3, 0.4) is 0 Å². The number of benzene rings is 1. The molecule has 5 nitrogen and oxygen atoms in total. The molecule has 124 valence electrons. The maximum Gasteiger partial charge on any atom is 0.244 e. The SMILES string of the molecule is O=C(NC1CCCC1)[C@]12C[C@H]1CCN2S(=O)(=O)c1ccccc1. The molecule has 0 bridgehead atoms. The molecule has 0 aromatic heterocycles. The number of fused-ring (bicyclic) bond motifs is 1. The summed E-state index contributed by atoms with van der Waals surface area (Å²) in [5.74, 6) is 0.105. The van der Waals surface area contributed by atoms with Crippen LogP contribution in [0, 0.1) is 5.92 Å². The number of sulfonamides is 1. The Morgan fingerprint density at radius 1 is 1.13 bits per heavy atom. The number of rotatable bonds is 4. The van der Waals surface area contributed by atoms with Gasteiger partial charge in [-0.15, -0.1) is 0 Å². The van der Waals surface area contributed by atoms with Gasteiger partial charge in [0.2, 0.25) is 15.9 Å². The topological polar surface area (TPSA) is 66.5 Å². The first-order chi connectivity index (χ1) is 11.0. The minimum absolute atomic E-state index is 0.0774. The fourth-order valence-electron chi connectivity index (χ4n) is 4.26. The van der Waals surface area contributed by atoms with Crippen LogP contribution in [0.15, 0.2) is 35.2 Å². The van der Waals surface area contributed by atoms with Gasteiger partial charge >= 0.3 is 0 Å². The lowest BCUT2D eigenvalue weighted by molar-refractivity contribution is -0.126. The van der Waals surface area contributed by atoms with Crippen molar-refractivity contribution in [2.75, 3.05) is 6.54 Å². The first-order valence-electron chi connectivity index (χ1n) is 8.44. The van der Waals surface area contributed by atoms with Crippen molar-refractivity contribution in [2.24, 2.45) is 5.92 Å². The summed E-state index contributed by atoms with van der Waals surface area (Å²) in [4.78, 5) is 13.1. The lowest BCUT2D eigenvalue weighted by atomic mass is 10.2. The normalized spacial score (nSPS) is 31.0. The molecule has 1 heterocycles. The molecule has 0 unspecified atom stereocenters. The summed E-state index contributed by atoms with van der Waals surface area (Å²) in [7, 11) is -3.61. The van der Waals surface area contributed by atoms with Crippen molar-refractivity contribution in [3.8, 4) is 0 Å². The maximum atomic E-state index is 13.0. The van der Waals surface area contributed by atoms with Crippen LogP contribution in [0.25, 0.3) is 0 Å². The molecule has 4 rings (SSSR count). The first kappa shape index (κ1) is 15.1.